The van der Waals surface area contributed by atoms with E-state index in [1.807, 2.05) is 58.3 Å². The molecule has 8 heteroatoms. The van der Waals surface area contributed by atoms with Gasteiger partial charge >= 0.3 is 0 Å². The maximum Gasteiger partial charge on any atom is 0.181 e. The number of fused-ring (bicyclic) bond motifs is 1. The second-order valence-corrected chi connectivity index (χ2v) is 9.85. The highest BCUT2D eigenvalue weighted by atomic mass is 79.9. The van der Waals surface area contributed by atoms with Crippen molar-refractivity contribution in [2.75, 3.05) is 28.4 Å². The zero-order valence-electron chi connectivity index (χ0n) is 14.0. The fraction of sp³-hybridized carbons (Fsp3) is 0.278. The summed E-state index contributed by atoms with van der Waals surface area (Å²) in [6, 6.07) is 14.9. The zero-order chi connectivity index (χ0) is 18.5. The molecule has 0 aromatic heterocycles. The molecule has 0 N–H and O–H groups in total. The quantitative estimate of drug-likeness (QED) is 0.666. The number of nitrogens with zero attached hydrogens (tertiary/aromatic N) is 2. The monoisotopic (exact) mass is 452 g/mol. The van der Waals surface area contributed by atoms with Gasteiger partial charge in [-0.15, -0.1) is 0 Å². The lowest BCUT2D eigenvalue weighted by Crippen LogP contribution is -2.37. The van der Waals surface area contributed by atoms with Gasteiger partial charge in [-0.1, -0.05) is 22.0 Å². The summed E-state index contributed by atoms with van der Waals surface area (Å²) >= 11 is 9.21. The molecule has 2 atom stereocenters. The Labute approximate surface area is 166 Å². The smallest absolute Gasteiger partial charge is 0.181 e. The van der Waals surface area contributed by atoms with E-state index in [9.17, 15) is 8.42 Å². The molecule has 0 radical (unpaired) electrons. The maximum absolute atomic E-state index is 12.4. The minimum absolute atomic E-state index is 0.0993. The number of hydrogen-bond donors (Lipinski definition) is 0. The first-order valence-electron chi connectivity index (χ1n) is 8.12. The normalized spacial score (nSPS) is 24.0. The lowest BCUT2D eigenvalue weighted by molar-refractivity contribution is 0.415. The van der Waals surface area contributed by atoms with Gasteiger partial charge in [-0.25, -0.2) is 8.42 Å². The fourth-order valence-corrected chi connectivity index (χ4v) is 6.33. The van der Waals surface area contributed by atoms with Crippen LogP contribution in [0.5, 0.6) is 5.75 Å². The van der Waals surface area contributed by atoms with Crippen molar-refractivity contribution in [3.05, 3.63) is 53.0 Å². The zero-order valence-corrected chi connectivity index (χ0v) is 17.2. The maximum atomic E-state index is 12.4. The molecule has 2 saturated heterocycles. The molecule has 2 aliphatic heterocycles. The van der Waals surface area contributed by atoms with Crippen molar-refractivity contribution in [2.45, 2.75) is 12.1 Å². The van der Waals surface area contributed by atoms with Crippen molar-refractivity contribution in [3.8, 4) is 5.75 Å². The molecule has 0 aliphatic carbocycles. The first-order valence-corrected chi connectivity index (χ1v) is 11.1. The van der Waals surface area contributed by atoms with E-state index >= 15 is 0 Å². The Hall–Kier alpha value is -1.64. The van der Waals surface area contributed by atoms with Gasteiger partial charge in [-0.05, 0) is 48.6 Å². The number of anilines is 2. The van der Waals surface area contributed by atoms with Crippen LogP contribution in [0, 0.1) is 0 Å². The molecule has 2 aromatic rings. The van der Waals surface area contributed by atoms with Crippen molar-refractivity contribution in [2.24, 2.45) is 0 Å². The molecule has 0 bridgehead atoms. The molecule has 0 amide bonds. The van der Waals surface area contributed by atoms with Crippen molar-refractivity contribution in [1.82, 2.24) is 0 Å². The van der Waals surface area contributed by atoms with Crippen LogP contribution in [-0.2, 0) is 9.84 Å². The first kappa shape index (κ1) is 17.8. The summed E-state index contributed by atoms with van der Waals surface area (Å²) in [5.74, 6) is 0.918. The van der Waals surface area contributed by atoms with Crippen LogP contribution in [0.15, 0.2) is 53.0 Å². The molecule has 2 heterocycles. The average molecular weight is 453 g/mol. The average Bonchev–Trinajstić information content (AvgIpc) is 3.04. The topological polar surface area (TPSA) is 49.9 Å². The van der Waals surface area contributed by atoms with Crippen molar-refractivity contribution >= 4 is 54.5 Å². The van der Waals surface area contributed by atoms with E-state index in [0.29, 0.717) is 10.9 Å². The predicted molar refractivity (Wildman–Crippen MR) is 111 cm³/mol. The van der Waals surface area contributed by atoms with E-state index in [4.69, 9.17) is 17.0 Å². The second kappa shape index (κ2) is 6.51. The van der Waals surface area contributed by atoms with Gasteiger partial charge in [0.2, 0.25) is 0 Å². The summed E-state index contributed by atoms with van der Waals surface area (Å²) in [4.78, 5) is 3.92. The standard InChI is InChI=1S/C18H17BrN2O3S2/c1-24-15-4-2-3-14(9-15)21-17-11-26(22,23)10-16(17)20(18(21)25)13-7-5-12(19)6-8-13/h2-9,16-17H,10-11H2,1H3/t16-,17-/m1/s1. The third-order valence-electron chi connectivity index (χ3n) is 4.81. The number of halogens is 1. The molecule has 26 heavy (non-hydrogen) atoms. The van der Waals surface area contributed by atoms with Crippen molar-refractivity contribution in [3.63, 3.8) is 0 Å². The minimum Gasteiger partial charge on any atom is -0.497 e. The van der Waals surface area contributed by atoms with Crippen molar-refractivity contribution in [1.29, 1.82) is 0 Å². The molecule has 0 saturated carbocycles. The minimum atomic E-state index is -3.12. The summed E-state index contributed by atoms with van der Waals surface area (Å²) in [5, 5.41) is 0.616. The summed E-state index contributed by atoms with van der Waals surface area (Å²) in [6.07, 6.45) is 0. The van der Waals surface area contributed by atoms with Crippen LogP contribution in [-0.4, -0.2) is 44.2 Å². The van der Waals surface area contributed by atoms with Gasteiger partial charge in [0.25, 0.3) is 0 Å². The van der Waals surface area contributed by atoms with Gasteiger partial charge in [0.15, 0.2) is 14.9 Å². The van der Waals surface area contributed by atoms with Crippen LogP contribution < -0.4 is 14.5 Å². The number of benzene rings is 2. The van der Waals surface area contributed by atoms with Gasteiger partial charge in [-0.3, -0.25) is 0 Å². The van der Waals surface area contributed by atoms with E-state index in [1.54, 1.807) is 7.11 Å². The first-order chi connectivity index (χ1) is 12.4. The molecule has 2 fully saturated rings. The second-order valence-electron chi connectivity index (χ2n) is 6.41. The van der Waals surface area contributed by atoms with Crippen LogP contribution in [0.1, 0.15) is 0 Å². The molecule has 0 unspecified atom stereocenters. The Morgan fingerprint density at radius 2 is 1.65 bits per heavy atom. The Balaban J connectivity index is 1.80. The van der Waals surface area contributed by atoms with Crippen LogP contribution in [0.3, 0.4) is 0 Å². The number of methoxy groups -OCH3 is 1. The van der Waals surface area contributed by atoms with Crippen LogP contribution in [0.25, 0.3) is 0 Å². The molecule has 4 rings (SSSR count). The summed E-state index contributed by atoms with van der Waals surface area (Å²) < 4.78 is 31.0. The van der Waals surface area contributed by atoms with E-state index in [0.717, 1.165) is 15.8 Å². The fourth-order valence-electron chi connectivity index (χ4n) is 3.67. The number of thiocarbonyl (C=S) groups is 1. The SMILES string of the molecule is COc1cccc(N2C(=S)N(c3ccc(Br)cc3)[C@@H]3CS(=O)(=O)C[C@H]32)c1. The molecule has 5 nitrogen and oxygen atoms in total. The number of rotatable bonds is 3. The Kier molecular flexibility index (Phi) is 4.45. The van der Waals surface area contributed by atoms with Crippen molar-refractivity contribution < 1.29 is 13.2 Å². The molecule has 136 valence electrons. The van der Waals surface area contributed by atoms with Gasteiger partial charge in [0.05, 0.1) is 30.7 Å². The summed E-state index contributed by atoms with van der Waals surface area (Å²) in [5.41, 5.74) is 1.75. The van der Waals surface area contributed by atoms with E-state index < -0.39 is 9.84 Å². The Morgan fingerprint density at radius 3 is 2.27 bits per heavy atom. The van der Waals surface area contributed by atoms with Crippen LogP contribution >= 0.6 is 28.1 Å². The predicted octanol–water partition coefficient (Wildman–Crippen LogP) is 3.23. The largest absolute Gasteiger partial charge is 0.497 e. The molecule has 2 aliphatic rings. The third-order valence-corrected chi connectivity index (χ3v) is 7.43. The molecule has 0 spiro atoms. The van der Waals surface area contributed by atoms with E-state index in [2.05, 4.69) is 15.9 Å². The van der Waals surface area contributed by atoms with Gasteiger partial charge < -0.3 is 14.5 Å². The number of sulfone groups is 1. The Morgan fingerprint density at radius 1 is 1.04 bits per heavy atom. The Bertz CT molecular complexity index is 963. The number of hydrogen-bond acceptors (Lipinski definition) is 4. The van der Waals surface area contributed by atoms with Crippen LogP contribution in [0.4, 0.5) is 11.4 Å². The lowest BCUT2D eigenvalue weighted by atomic mass is 10.1. The summed E-state index contributed by atoms with van der Waals surface area (Å²) in [6.45, 7) is 0. The molecular weight excluding hydrogens is 436 g/mol. The summed E-state index contributed by atoms with van der Waals surface area (Å²) in [7, 11) is -1.51. The van der Waals surface area contributed by atoms with Crippen LogP contribution in [0.2, 0.25) is 0 Å². The lowest BCUT2D eigenvalue weighted by Gasteiger charge is -2.26. The number of ether oxygens (including phenoxy) is 1. The van der Waals surface area contributed by atoms with E-state index in [1.165, 1.54) is 0 Å². The molecule has 2 aromatic carbocycles. The molecular formula is C18H17BrN2O3S2. The van der Waals surface area contributed by atoms with Gasteiger partial charge in [0.1, 0.15) is 5.75 Å². The van der Waals surface area contributed by atoms with Gasteiger partial charge in [0, 0.05) is 21.9 Å². The highest BCUT2D eigenvalue weighted by Gasteiger charge is 2.52. The van der Waals surface area contributed by atoms with E-state index in [-0.39, 0.29) is 23.6 Å². The van der Waals surface area contributed by atoms with Gasteiger partial charge in [-0.2, -0.15) is 0 Å². The highest BCUT2D eigenvalue weighted by molar-refractivity contribution is 9.10. The third kappa shape index (κ3) is 3.00. The highest BCUT2D eigenvalue weighted by Crippen LogP contribution is 2.39.